The molecule has 0 radical (unpaired) electrons. The number of halogens is 3. The number of morpholine rings is 1. The van der Waals surface area contributed by atoms with Gasteiger partial charge >= 0.3 is 6.18 Å². The third kappa shape index (κ3) is 4.10. The number of rotatable bonds is 4. The first-order valence-corrected chi connectivity index (χ1v) is 9.68. The van der Waals surface area contributed by atoms with Crippen molar-refractivity contribution in [2.75, 3.05) is 37.8 Å². The fourth-order valence-corrected chi connectivity index (χ4v) is 3.39. The van der Waals surface area contributed by atoms with Crippen LogP contribution in [0.15, 0.2) is 35.5 Å². The predicted octanol–water partition coefficient (Wildman–Crippen LogP) is 2.26. The van der Waals surface area contributed by atoms with Crippen LogP contribution in [0, 0.1) is 0 Å². The molecule has 4 rings (SSSR count). The van der Waals surface area contributed by atoms with Crippen LogP contribution in [-0.2, 0) is 10.9 Å². The summed E-state index contributed by atoms with van der Waals surface area (Å²) in [7, 11) is 0. The Balaban J connectivity index is 1.90. The van der Waals surface area contributed by atoms with Gasteiger partial charge in [-0.3, -0.25) is 14.3 Å². The van der Waals surface area contributed by atoms with Gasteiger partial charge in [-0.1, -0.05) is 0 Å². The van der Waals surface area contributed by atoms with Crippen LogP contribution in [-0.4, -0.2) is 57.5 Å². The average Bonchev–Trinajstić information content (AvgIpc) is 2.78. The number of hydrogen-bond donors (Lipinski definition) is 1. The highest BCUT2D eigenvalue weighted by Crippen LogP contribution is 2.31. The lowest BCUT2D eigenvalue weighted by molar-refractivity contribution is -0.141. The average molecular weight is 435 g/mol. The second-order valence-electron chi connectivity index (χ2n) is 7.25. The molecule has 164 valence electrons. The molecule has 11 heteroatoms. The zero-order chi connectivity index (χ0) is 22.2. The summed E-state index contributed by atoms with van der Waals surface area (Å²) in [6, 6.07) is 3.17. The van der Waals surface area contributed by atoms with Crippen molar-refractivity contribution < 1.29 is 23.0 Å². The van der Waals surface area contributed by atoms with Gasteiger partial charge in [0.2, 0.25) is 0 Å². The number of aliphatic hydroxyl groups excluding tert-OH is 1. The minimum absolute atomic E-state index is 0.246. The molecular weight excluding hydrogens is 415 g/mol. The molecule has 4 heterocycles. The first kappa shape index (κ1) is 21.2. The minimum atomic E-state index is -4.55. The van der Waals surface area contributed by atoms with Crippen molar-refractivity contribution in [1.29, 1.82) is 0 Å². The Morgan fingerprint density at radius 2 is 1.97 bits per heavy atom. The zero-order valence-electron chi connectivity index (χ0n) is 16.6. The van der Waals surface area contributed by atoms with E-state index in [-0.39, 0.29) is 17.6 Å². The Kier molecular flexibility index (Phi) is 5.63. The van der Waals surface area contributed by atoms with Crippen LogP contribution in [0.4, 0.5) is 19.0 Å². The monoisotopic (exact) mass is 435 g/mol. The molecule has 1 N–H and O–H groups in total. The molecule has 3 aromatic heterocycles. The highest BCUT2D eigenvalue weighted by molar-refractivity contribution is 5.91. The predicted molar refractivity (Wildman–Crippen MR) is 107 cm³/mol. The van der Waals surface area contributed by atoms with E-state index in [1.807, 2.05) is 4.90 Å². The van der Waals surface area contributed by atoms with Gasteiger partial charge in [-0.25, -0.2) is 9.97 Å². The molecule has 0 bridgehead atoms. The van der Waals surface area contributed by atoms with E-state index in [0.29, 0.717) is 48.9 Å². The highest BCUT2D eigenvalue weighted by Gasteiger charge is 2.32. The highest BCUT2D eigenvalue weighted by atomic mass is 19.4. The van der Waals surface area contributed by atoms with Crippen LogP contribution in [0.25, 0.3) is 22.2 Å². The number of aromatic nitrogens is 4. The molecule has 31 heavy (non-hydrogen) atoms. The molecule has 8 nitrogen and oxygen atoms in total. The molecule has 3 aromatic rings. The first-order chi connectivity index (χ1) is 14.8. The Hall–Kier alpha value is -3.05. The molecule has 0 aromatic carbocycles. The van der Waals surface area contributed by atoms with Gasteiger partial charge in [0.1, 0.15) is 11.2 Å². The number of alkyl halides is 3. The van der Waals surface area contributed by atoms with E-state index in [2.05, 4.69) is 15.0 Å². The number of fused-ring (bicyclic) bond motifs is 1. The Morgan fingerprint density at radius 3 is 2.58 bits per heavy atom. The molecule has 1 aliphatic heterocycles. The molecule has 1 atom stereocenters. The molecule has 1 aliphatic rings. The van der Waals surface area contributed by atoms with Crippen LogP contribution in [0.5, 0.6) is 0 Å². The SMILES string of the molecule is CC(CO)n1cnc2c(N3CCOCC3)nc(-c3ccc(C(F)(F)F)nc3)cc2c1=O. The van der Waals surface area contributed by atoms with Gasteiger partial charge in [0.15, 0.2) is 5.82 Å². The van der Waals surface area contributed by atoms with Gasteiger partial charge in [-0.2, -0.15) is 13.2 Å². The topological polar surface area (TPSA) is 93.4 Å². The zero-order valence-corrected chi connectivity index (χ0v) is 16.6. The van der Waals surface area contributed by atoms with Crippen LogP contribution in [0.3, 0.4) is 0 Å². The summed E-state index contributed by atoms with van der Waals surface area (Å²) in [6.07, 6.45) is -2.09. The lowest BCUT2D eigenvalue weighted by Gasteiger charge is -2.29. The lowest BCUT2D eigenvalue weighted by atomic mass is 10.1. The summed E-state index contributed by atoms with van der Waals surface area (Å²) in [6.45, 7) is 3.47. The number of anilines is 1. The van der Waals surface area contributed by atoms with Gasteiger partial charge in [-0.05, 0) is 25.1 Å². The van der Waals surface area contributed by atoms with Gasteiger partial charge in [-0.15, -0.1) is 0 Å². The van der Waals surface area contributed by atoms with Gasteiger partial charge < -0.3 is 14.7 Å². The standard InChI is InChI=1S/C20H20F3N5O3/c1-12(10-29)28-11-25-17-14(19(28)30)8-15(26-18(17)27-4-6-31-7-5-27)13-2-3-16(24-9-13)20(21,22)23/h2-3,8-9,11-12,29H,4-7,10H2,1H3. The van der Waals surface area contributed by atoms with Crippen molar-refractivity contribution in [1.82, 2.24) is 19.5 Å². The fraction of sp³-hybridized carbons (Fsp3) is 0.400. The van der Waals surface area contributed by atoms with E-state index < -0.39 is 17.9 Å². The van der Waals surface area contributed by atoms with Crippen molar-refractivity contribution in [3.63, 3.8) is 0 Å². The maximum Gasteiger partial charge on any atom is 0.433 e. The van der Waals surface area contributed by atoms with Crippen LogP contribution < -0.4 is 10.5 Å². The normalized spacial score (nSPS) is 16.0. The fourth-order valence-electron chi connectivity index (χ4n) is 3.39. The molecule has 0 spiro atoms. The smallest absolute Gasteiger partial charge is 0.394 e. The third-order valence-electron chi connectivity index (χ3n) is 5.15. The quantitative estimate of drug-likeness (QED) is 0.672. The van der Waals surface area contributed by atoms with Gasteiger partial charge in [0, 0.05) is 24.8 Å². The number of ether oxygens (including phenoxy) is 1. The van der Waals surface area contributed by atoms with Crippen LogP contribution in [0.1, 0.15) is 18.7 Å². The summed E-state index contributed by atoms with van der Waals surface area (Å²) in [5, 5.41) is 9.70. The van der Waals surface area contributed by atoms with E-state index in [1.165, 1.54) is 23.0 Å². The molecule has 1 fully saturated rings. The van der Waals surface area contributed by atoms with Crippen molar-refractivity contribution in [2.24, 2.45) is 0 Å². The van der Waals surface area contributed by atoms with Crippen molar-refractivity contribution >= 4 is 16.7 Å². The van der Waals surface area contributed by atoms with Crippen molar-refractivity contribution in [2.45, 2.75) is 19.1 Å². The summed E-state index contributed by atoms with van der Waals surface area (Å²) < 4.78 is 45.3. The van der Waals surface area contributed by atoms with Gasteiger partial charge in [0.25, 0.3) is 5.56 Å². The van der Waals surface area contributed by atoms with E-state index in [9.17, 15) is 23.1 Å². The van der Waals surface area contributed by atoms with Crippen molar-refractivity contribution in [3.8, 4) is 11.3 Å². The number of hydrogen-bond acceptors (Lipinski definition) is 7. The van der Waals surface area contributed by atoms with E-state index in [4.69, 9.17) is 4.74 Å². The molecular formula is C20H20F3N5O3. The molecule has 1 saturated heterocycles. The van der Waals surface area contributed by atoms with Crippen LogP contribution >= 0.6 is 0 Å². The minimum Gasteiger partial charge on any atom is -0.394 e. The number of nitrogens with zero attached hydrogens (tertiary/aromatic N) is 5. The summed E-state index contributed by atoms with van der Waals surface area (Å²) >= 11 is 0. The summed E-state index contributed by atoms with van der Waals surface area (Å²) in [5.74, 6) is 0.455. The molecule has 0 aliphatic carbocycles. The molecule has 0 saturated carbocycles. The Bertz CT molecular complexity index is 1140. The lowest BCUT2D eigenvalue weighted by Crippen LogP contribution is -2.37. The first-order valence-electron chi connectivity index (χ1n) is 9.68. The van der Waals surface area contributed by atoms with E-state index >= 15 is 0 Å². The second kappa shape index (κ2) is 8.23. The van der Waals surface area contributed by atoms with Crippen molar-refractivity contribution in [3.05, 3.63) is 46.8 Å². The summed E-state index contributed by atoms with van der Waals surface area (Å²) in [5.41, 5.74) is -0.342. The molecule has 0 amide bonds. The van der Waals surface area contributed by atoms with E-state index in [0.717, 1.165) is 12.3 Å². The number of aliphatic hydroxyl groups is 1. The van der Waals surface area contributed by atoms with Crippen LogP contribution in [0.2, 0.25) is 0 Å². The number of pyridine rings is 2. The van der Waals surface area contributed by atoms with E-state index in [1.54, 1.807) is 6.92 Å². The Labute approximate surface area is 174 Å². The Morgan fingerprint density at radius 1 is 1.23 bits per heavy atom. The maximum atomic E-state index is 13.1. The largest absolute Gasteiger partial charge is 0.433 e. The van der Waals surface area contributed by atoms with Gasteiger partial charge in [0.05, 0.1) is 43.3 Å². The maximum absolute atomic E-state index is 13.1. The summed E-state index contributed by atoms with van der Waals surface area (Å²) in [4.78, 5) is 27.6. The second-order valence-corrected chi connectivity index (χ2v) is 7.25. The molecule has 1 unspecified atom stereocenters. The third-order valence-corrected chi connectivity index (χ3v) is 5.15.